The first-order chi connectivity index (χ1) is 15.1. The highest BCUT2D eigenvalue weighted by molar-refractivity contribution is 5.76. The van der Waals surface area contributed by atoms with Crippen molar-refractivity contribution in [3.8, 4) is 11.5 Å². The van der Waals surface area contributed by atoms with Crippen molar-refractivity contribution in [2.75, 3.05) is 20.6 Å². The van der Waals surface area contributed by atoms with Crippen LogP contribution >= 0.6 is 0 Å². The Morgan fingerprint density at radius 1 is 1.12 bits per heavy atom. The average molecular weight is 442 g/mol. The van der Waals surface area contributed by atoms with Gasteiger partial charge in [-0.2, -0.15) is 0 Å². The summed E-state index contributed by atoms with van der Waals surface area (Å²) in [4.78, 5) is 26.4. The molecular formula is C27H39NO4. The van der Waals surface area contributed by atoms with Gasteiger partial charge in [-0.05, 0) is 77.2 Å². The predicted octanol–water partition coefficient (Wildman–Crippen LogP) is 5.83. The molecule has 1 aliphatic carbocycles. The summed E-state index contributed by atoms with van der Waals surface area (Å²) in [5.74, 6) is 0.378. The van der Waals surface area contributed by atoms with Gasteiger partial charge in [-0.25, -0.2) is 0 Å². The summed E-state index contributed by atoms with van der Waals surface area (Å²) < 4.78 is 11.6. The number of carbonyl (C=O) groups is 2. The summed E-state index contributed by atoms with van der Waals surface area (Å²) >= 11 is 0. The fourth-order valence-corrected chi connectivity index (χ4v) is 4.35. The third-order valence-electron chi connectivity index (χ3n) is 5.87. The number of ether oxygens (including phenoxy) is 2. The Hall–Kier alpha value is -2.40. The van der Waals surface area contributed by atoms with Crippen LogP contribution in [0.2, 0.25) is 0 Å². The zero-order valence-corrected chi connectivity index (χ0v) is 20.6. The van der Waals surface area contributed by atoms with Crippen LogP contribution in [0.1, 0.15) is 76.8 Å². The SMILES string of the molecule is C=C(C)C1CCC(C)=CC1c1c(OC(C)=O)cc(CCCCC)cc1OC(=O)CN(C)C. The van der Waals surface area contributed by atoms with Crippen molar-refractivity contribution in [2.24, 2.45) is 5.92 Å². The molecule has 2 unspecified atom stereocenters. The largest absolute Gasteiger partial charge is 0.426 e. The highest BCUT2D eigenvalue weighted by Gasteiger charge is 2.32. The second kappa shape index (κ2) is 12.0. The Morgan fingerprint density at radius 3 is 2.34 bits per heavy atom. The van der Waals surface area contributed by atoms with E-state index in [9.17, 15) is 9.59 Å². The normalized spacial score (nSPS) is 18.3. The Bertz CT molecular complexity index is 869. The fraction of sp³-hybridized carbons (Fsp3) is 0.556. The van der Waals surface area contributed by atoms with Crippen LogP contribution in [-0.4, -0.2) is 37.5 Å². The molecule has 2 rings (SSSR count). The minimum absolute atomic E-state index is 0.0672. The first-order valence-corrected chi connectivity index (χ1v) is 11.7. The molecule has 0 bridgehead atoms. The van der Waals surface area contributed by atoms with Gasteiger partial charge in [0.2, 0.25) is 0 Å². The lowest BCUT2D eigenvalue weighted by Gasteiger charge is -2.32. The highest BCUT2D eigenvalue weighted by atomic mass is 16.5. The van der Waals surface area contributed by atoms with Crippen LogP contribution in [-0.2, 0) is 16.0 Å². The number of aryl methyl sites for hydroxylation is 1. The van der Waals surface area contributed by atoms with Crippen molar-refractivity contribution in [2.45, 2.75) is 72.1 Å². The zero-order chi connectivity index (χ0) is 23.8. The lowest BCUT2D eigenvalue weighted by atomic mass is 9.73. The van der Waals surface area contributed by atoms with Gasteiger partial charge in [0.05, 0.1) is 6.54 Å². The summed E-state index contributed by atoms with van der Waals surface area (Å²) in [6, 6.07) is 3.90. The third kappa shape index (κ3) is 7.33. The van der Waals surface area contributed by atoms with E-state index in [1.165, 1.54) is 12.5 Å². The molecule has 0 saturated carbocycles. The topological polar surface area (TPSA) is 55.8 Å². The minimum Gasteiger partial charge on any atom is -0.426 e. The number of unbranched alkanes of at least 4 members (excludes halogenated alkanes) is 2. The molecule has 0 aromatic heterocycles. The molecule has 0 heterocycles. The monoisotopic (exact) mass is 441 g/mol. The van der Waals surface area contributed by atoms with E-state index in [1.54, 1.807) is 4.90 Å². The van der Waals surface area contributed by atoms with E-state index >= 15 is 0 Å². The number of allylic oxidation sites excluding steroid dienone is 3. The van der Waals surface area contributed by atoms with Crippen LogP contribution in [0.25, 0.3) is 0 Å². The number of rotatable bonds is 10. The lowest BCUT2D eigenvalue weighted by molar-refractivity contribution is -0.135. The fourth-order valence-electron chi connectivity index (χ4n) is 4.35. The van der Waals surface area contributed by atoms with Gasteiger partial charge < -0.3 is 9.47 Å². The number of carbonyl (C=O) groups excluding carboxylic acids is 2. The highest BCUT2D eigenvalue weighted by Crippen LogP contribution is 2.47. The molecule has 176 valence electrons. The summed E-state index contributed by atoms with van der Waals surface area (Å²) in [5.41, 5.74) is 4.12. The molecule has 5 heteroatoms. The van der Waals surface area contributed by atoms with Gasteiger partial charge in [0.15, 0.2) is 0 Å². The molecule has 1 aliphatic rings. The molecule has 0 spiro atoms. The van der Waals surface area contributed by atoms with Gasteiger partial charge in [0, 0.05) is 18.4 Å². The first-order valence-electron chi connectivity index (χ1n) is 11.7. The van der Waals surface area contributed by atoms with Crippen molar-refractivity contribution < 1.29 is 19.1 Å². The lowest BCUT2D eigenvalue weighted by Crippen LogP contribution is -2.27. The van der Waals surface area contributed by atoms with Crippen molar-refractivity contribution in [1.82, 2.24) is 4.90 Å². The second-order valence-electron chi connectivity index (χ2n) is 9.30. The Labute approximate surface area is 193 Å². The summed E-state index contributed by atoms with van der Waals surface area (Å²) in [5, 5.41) is 0. The molecule has 0 aliphatic heterocycles. The Kier molecular flexibility index (Phi) is 9.70. The maximum absolute atomic E-state index is 12.6. The maximum atomic E-state index is 12.6. The van der Waals surface area contributed by atoms with Gasteiger partial charge >= 0.3 is 11.9 Å². The molecule has 0 fully saturated rings. The van der Waals surface area contributed by atoms with E-state index in [0.29, 0.717) is 11.5 Å². The smallest absolute Gasteiger partial charge is 0.325 e. The number of esters is 2. The van der Waals surface area contributed by atoms with Gasteiger partial charge in [0.25, 0.3) is 0 Å². The van der Waals surface area contributed by atoms with Crippen LogP contribution in [0.4, 0.5) is 0 Å². The molecular weight excluding hydrogens is 402 g/mol. The average Bonchev–Trinajstić information content (AvgIpc) is 2.66. The molecule has 0 N–H and O–H groups in total. The van der Waals surface area contributed by atoms with Crippen molar-refractivity contribution >= 4 is 11.9 Å². The second-order valence-corrected chi connectivity index (χ2v) is 9.30. The quantitative estimate of drug-likeness (QED) is 0.198. The summed E-state index contributed by atoms with van der Waals surface area (Å²) in [7, 11) is 3.66. The molecule has 1 aromatic rings. The van der Waals surface area contributed by atoms with Crippen LogP contribution in [0, 0.1) is 5.92 Å². The van der Waals surface area contributed by atoms with Crippen molar-refractivity contribution in [3.05, 3.63) is 47.1 Å². The minimum atomic E-state index is -0.383. The number of likely N-dealkylation sites (N-methyl/N-ethyl adjacent to an activating group) is 1. The molecule has 0 amide bonds. The predicted molar refractivity (Wildman–Crippen MR) is 129 cm³/mol. The van der Waals surface area contributed by atoms with Gasteiger partial charge in [0.1, 0.15) is 11.5 Å². The van der Waals surface area contributed by atoms with E-state index in [4.69, 9.17) is 9.47 Å². The molecule has 1 aromatic carbocycles. The number of benzene rings is 1. The first kappa shape index (κ1) is 25.9. The number of hydrogen-bond acceptors (Lipinski definition) is 5. The Morgan fingerprint density at radius 2 is 1.78 bits per heavy atom. The van der Waals surface area contributed by atoms with Gasteiger partial charge in [-0.1, -0.05) is 43.6 Å². The third-order valence-corrected chi connectivity index (χ3v) is 5.87. The van der Waals surface area contributed by atoms with Gasteiger partial charge in [-0.15, -0.1) is 0 Å². The van der Waals surface area contributed by atoms with E-state index in [-0.39, 0.29) is 30.3 Å². The summed E-state index contributed by atoms with van der Waals surface area (Å²) in [6.45, 7) is 12.1. The number of hydrogen-bond donors (Lipinski definition) is 0. The van der Waals surface area contributed by atoms with Crippen LogP contribution in [0.15, 0.2) is 35.9 Å². The standard InChI is InChI=1S/C27H39NO4/c1-8-9-10-11-21-15-24(31-20(5)29)27(25(16-21)32-26(30)17-28(6)7)23-14-19(4)12-13-22(23)18(2)3/h14-16,22-23H,2,8-13,17H2,1,3-7H3. The Balaban J connectivity index is 2.64. The molecule has 0 radical (unpaired) electrons. The zero-order valence-electron chi connectivity index (χ0n) is 20.6. The van der Waals surface area contributed by atoms with Crippen molar-refractivity contribution in [1.29, 1.82) is 0 Å². The van der Waals surface area contributed by atoms with Crippen LogP contribution < -0.4 is 9.47 Å². The van der Waals surface area contributed by atoms with E-state index in [0.717, 1.165) is 55.2 Å². The van der Waals surface area contributed by atoms with Gasteiger partial charge in [-0.3, -0.25) is 14.5 Å². The summed E-state index contributed by atoms with van der Waals surface area (Å²) in [6.07, 6.45) is 8.27. The number of nitrogens with zero attached hydrogens (tertiary/aromatic N) is 1. The molecule has 2 atom stereocenters. The van der Waals surface area contributed by atoms with E-state index in [2.05, 4.69) is 26.5 Å². The van der Waals surface area contributed by atoms with Crippen LogP contribution in [0.3, 0.4) is 0 Å². The molecule has 5 nitrogen and oxygen atoms in total. The van der Waals surface area contributed by atoms with Crippen LogP contribution in [0.5, 0.6) is 11.5 Å². The molecule has 0 saturated heterocycles. The molecule has 32 heavy (non-hydrogen) atoms. The maximum Gasteiger partial charge on any atom is 0.325 e. The van der Waals surface area contributed by atoms with E-state index in [1.807, 2.05) is 33.2 Å². The van der Waals surface area contributed by atoms with E-state index < -0.39 is 0 Å². The van der Waals surface area contributed by atoms with Crippen molar-refractivity contribution in [3.63, 3.8) is 0 Å².